The smallest absolute Gasteiger partial charge is 0.167 e. The van der Waals surface area contributed by atoms with E-state index in [0.29, 0.717) is 6.04 Å². The predicted octanol–water partition coefficient (Wildman–Crippen LogP) is 1.18. The fraction of sp³-hybridized carbons (Fsp3) is 0.778. The summed E-state index contributed by atoms with van der Waals surface area (Å²) in [7, 11) is 0. The van der Waals surface area contributed by atoms with Crippen LogP contribution in [0.25, 0.3) is 0 Å². The maximum absolute atomic E-state index is 4.45. The van der Waals surface area contributed by atoms with Crippen molar-refractivity contribution in [3.63, 3.8) is 0 Å². The minimum absolute atomic E-state index is 0.391. The van der Waals surface area contributed by atoms with Crippen LogP contribution in [-0.4, -0.2) is 21.7 Å². The second-order valence-electron chi connectivity index (χ2n) is 3.54. The van der Waals surface area contributed by atoms with Gasteiger partial charge in [-0.3, -0.25) is 5.10 Å². The molecule has 1 saturated heterocycles. The number of rotatable bonds is 3. The summed E-state index contributed by atoms with van der Waals surface area (Å²) in [5.74, 6) is 1.96. The molecule has 1 aromatic rings. The molecule has 72 valence electrons. The molecular weight excluding hydrogens is 164 g/mol. The van der Waals surface area contributed by atoms with Crippen LogP contribution in [0.15, 0.2) is 0 Å². The zero-order valence-electron chi connectivity index (χ0n) is 8.01. The highest BCUT2D eigenvalue weighted by Crippen LogP contribution is 2.19. The van der Waals surface area contributed by atoms with Crippen LogP contribution < -0.4 is 5.32 Å². The van der Waals surface area contributed by atoms with Crippen LogP contribution in [0.5, 0.6) is 0 Å². The van der Waals surface area contributed by atoms with Gasteiger partial charge in [0.1, 0.15) is 5.82 Å². The lowest BCUT2D eigenvalue weighted by atomic mass is 10.2. The summed E-state index contributed by atoms with van der Waals surface area (Å²) in [6.07, 6.45) is 4.53. The third-order valence-electron chi connectivity index (χ3n) is 2.41. The SMILES string of the molecule is CCCc1nc([C@@H]2CCCN2)n[nH]1. The Bertz CT molecular complexity index is 262. The number of aromatic amines is 1. The highest BCUT2D eigenvalue weighted by molar-refractivity contribution is 4.98. The van der Waals surface area contributed by atoms with Crippen LogP contribution in [0.2, 0.25) is 0 Å². The van der Waals surface area contributed by atoms with Gasteiger partial charge in [0.25, 0.3) is 0 Å². The first-order valence-electron chi connectivity index (χ1n) is 5.04. The van der Waals surface area contributed by atoms with Gasteiger partial charge in [0, 0.05) is 6.42 Å². The molecule has 1 aromatic heterocycles. The maximum atomic E-state index is 4.45. The summed E-state index contributed by atoms with van der Waals surface area (Å²) in [6, 6.07) is 0.391. The summed E-state index contributed by atoms with van der Waals surface area (Å²) >= 11 is 0. The van der Waals surface area contributed by atoms with Crippen molar-refractivity contribution in [2.24, 2.45) is 0 Å². The summed E-state index contributed by atoms with van der Waals surface area (Å²) < 4.78 is 0. The molecule has 0 aromatic carbocycles. The Morgan fingerprint density at radius 2 is 2.46 bits per heavy atom. The second kappa shape index (κ2) is 3.87. The number of nitrogens with zero attached hydrogens (tertiary/aromatic N) is 2. The van der Waals surface area contributed by atoms with Crippen molar-refractivity contribution in [1.82, 2.24) is 20.5 Å². The minimum Gasteiger partial charge on any atom is -0.307 e. The minimum atomic E-state index is 0.391. The Balaban J connectivity index is 2.03. The third-order valence-corrected chi connectivity index (χ3v) is 2.41. The first-order valence-corrected chi connectivity index (χ1v) is 5.04. The van der Waals surface area contributed by atoms with Crippen molar-refractivity contribution >= 4 is 0 Å². The Hall–Kier alpha value is -0.900. The average Bonchev–Trinajstić information content (AvgIpc) is 2.70. The largest absolute Gasteiger partial charge is 0.307 e. The number of aromatic nitrogens is 3. The predicted molar refractivity (Wildman–Crippen MR) is 50.4 cm³/mol. The van der Waals surface area contributed by atoms with E-state index in [1.807, 2.05) is 0 Å². The molecular formula is C9H16N4. The quantitative estimate of drug-likeness (QED) is 0.734. The standard InChI is InChI=1S/C9H16N4/c1-2-4-8-11-9(13-12-8)7-5-3-6-10-7/h7,10H,2-6H2,1H3,(H,11,12,13)/t7-/m0/s1. The topological polar surface area (TPSA) is 53.6 Å². The summed E-state index contributed by atoms with van der Waals surface area (Å²) in [6.45, 7) is 3.25. The van der Waals surface area contributed by atoms with Crippen LogP contribution in [0.3, 0.4) is 0 Å². The normalized spacial score (nSPS) is 22.4. The third kappa shape index (κ3) is 1.88. The molecule has 0 amide bonds. The van der Waals surface area contributed by atoms with E-state index in [1.165, 1.54) is 12.8 Å². The van der Waals surface area contributed by atoms with Gasteiger partial charge in [0.15, 0.2) is 5.82 Å². The molecule has 4 nitrogen and oxygen atoms in total. The monoisotopic (exact) mass is 180 g/mol. The molecule has 0 spiro atoms. The van der Waals surface area contributed by atoms with Gasteiger partial charge in [0.05, 0.1) is 6.04 Å². The molecule has 2 heterocycles. The summed E-state index contributed by atoms with van der Waals surface area (Å²) in [5.41, 5.74) is 0. The van der Waals surface area contributed by atoms with E-state index in [4.69, 9.17) is 0 Å². The maximum Gasteiger partial charge on any atom is 0.167 e. The van der Waals surface area contributed by atoms with Crippen molar-refractivity contribution in [2.45, 2.75) is 38.6 Å². The molecule has 1 aliphatic rings. The molecule has 0 radical (unpaired) electrons. The van der Waals surface area contributed by atoms with E-state index in [9.17, 15) is 0 Å². The Morgan fingerprint density at radius 1 is 1.54 bits per heavy atom. The van der Waals surface area contributed by atoms with Gasteiger partial charge in [-0.15, -0.1) is 0 Å². The lowest BCUT2D eigenvalue weighted by molar-refractivity contribution is 0.607. The number of nitrogens with one attached hydrogen (secondary N) is 2. The van der Waals surface area contributed by atoms with Gasteiger partial charge in [-0.25, -0.2) is 4.98 Å². The zero-order valence-corrected chi connectivity index (χ0v) is 8.01. The van der Waals surface area contributed by atoms with E-state index < -0.39 is 0 Å². The van der Waals surface area contributed by atoms with Crippen molar-refractivity contribution in [1.29, 1.82) is 0 Å². The van der Waals surface area contributed by atoms with E-state index >= 15 is 0 Å². The van der Waals surface area contributed by atoms with Gasteiger partial charge in [-0.2, -0.15) is 5.10 Å². The Labute approximate surface area is 78.1 Å². The Kier molecular flexibility index (Phi) is 2.59. The van der Waals surface area contributed by atoms with Crippen molar-refractivity contribution in [3.8, 4) is 0 Å². The molecule has 1 fully saturated rings. The van der Waals surface area contributed by atoms with E-state index in [-0.39, 0.29) is 0 Å². The molecule has 13 heavy (non-hydrogen) atoms. The number of H-pyrrole nitrogens is 1. The van der Waals surface area contributed by atoms with Gasteiger partial charge in [0.2, 0.25) is 0 Å². The number of aryl methyl sites for hydroxylation is 1. The Morgan fingerprint density at radius 3 is 3.15 bits per heavy atom. The molecule has 2 rings (SSSR count). The van der Waals surface area contributed by atoms with Gasteiger partial charge in [-0.1, -0.05) is 6.92 Å². The molecule has 4 heteroatoms. The van der Waals surface area contributed by atoms with Gasteiger partial charge >= 0.3 is 0 Å². The zero-order chi connectivity index (χ0) is 9.10. The lowest BCUT2D eigenvalue weighted by Gasteiger charge is -2.02. The number of hydrogen-bond acceptors (Lipinski definition) is 3. The van der Waals surface area contributed by atoms with Crippen molar-refractivity contribution < 1.29 is 0 Å². The van der Waals surface area contributed by atoms with Crippen LogP contribution in [0.1, 0.15) is 43.9 Å². The molecule has 0 aliphatic carbocycles. The molecule has 2 N–H and O–H groups in total. The van der Waals surface area contributed by atoms with Crippen molar-refractivity contribution in [2.75, 3.05) is 6.54 Å². The fourth-order valence-corrected chi connectivity index (χ4v) is 1.72. The molecule has 0 bridgehead atoms. The van der Waals surface area contributed by atoms with E-state index in [2.05, 4.69) is 27.4 Å². The van der Waals surface area contributed by atoms with Gasteiger partial charge in [-0.05, 0) is 25.8 Å². The molecule has 0 unspecified atom stereocenters. The molecule has 0 saturated carbocycles. The van der Waals surface area contributed by atoms with Crippen LogP contribution in [0, 0.1) is 0 Å². The van der Waals surface area contributed by atoms with E-state index in [1.54, 1.807) is 0 Å². The summed E-state index contributed by atoms with van der Waals surface area (Å²) in [4.78, 5) is 4.45. The molecule has 1 atom stereocenters. The van der Waals surface area contributed by atoms with E-state index in [0.717, 1.165) is 31.0 Å². The highest BCUT2D eigenvalue weighted by Gasteiger charge is 2.19. The van der Waals surface area contributed by atoms with Crippen LogP contribution in [-0.2, 0) is 6.42 Å². The summed E-state index contributed by atoms with van der Waals surface area (Å²) in [5, 5.41) is 10.6. The fourth-order valence-electron chi connectivity index (χ4n) is 1.72. The van der Waals surface area contributed by atoms with Crippen molar-refractivity contribution in [3.05, 3.63) is 11.6 Å². The first kappa shape index (κ1) is 8.69. The second-order valence-corrected chi connectivity index (χ2v) is 3.54. The lowest BCUT2D eigenvalue weighted by Crippen LogP contribution is -2.14. The highest BCUT2D eigenvalue weighted by atomic mass is 15.2. The van der Waals surface area contributed by atoms with Crippen LogP contribution in [0.4, 0.5) is 0 Å². The van der Waals surface area contributed by atoms with Crippen LogP contribution >= 0.6 is 0 Å². The average molecular weight is 180 g/mol. The molecule has 1 aliphatic heterocycles. The first-order chi connectivity index (χ1) is 6.40. The van der Waals surface area contributed by atoms with Gasteiger partial charge < -0.3 is 5.32 Å². The number of hydrogen-bond donors (Lipinski definition) is 2.